The van der Waals surface area contributed by atoms with Gasteiger partial charge in [-0.05, 0) is 26.0 Å². The highest BCUT2D eigenvalue weighted by Gasteiger charge is 2.19. The summed E-state index contributed by atoms with van der Waals surface area (Å²) in [5.74, 6) is -0.162. The second-order valence-corrected chi connectivity index (χ2v) is 6.46. The molecule has 2 aromatic heterocycles. The number of hydrogen-bond acceptors (Lipinski definition) is 3. The van der Waals surface area contributed by atoms with Crippen LogP contribution in [0.5, 0.6) is 0 Å². The van der Waals surface area contributed by atoms with E-state index in [-0.39, 0.29) is 11.9 Å². The Balaban J connectivity index is 1.82. The molecule has 1 atom stereocenters. The lowest BCUT2D eigenvalue weighted by molar-refractivity contribution is 0.0943. The monoisotopic (exact) mass is 333 g/mol. The van der Waals surface area contributed by atoms with Gasteiger partial charge in [0, 0.05) is 22.8 Å². The number of thiophene rings is 1. The van der Waals surface area contributed by atoms with Gasteiger partial charge in [-0.15, -0.1) is 11.3 Å². The third kappa shape index (κ3) is 2.74. The van der Waals surface area contributed by atoms with Crippen LogP contribution in [-0.4, -0.2) is 15.7 Å². The molecule has 0 saturated carbocycles. The molecule has 1 unspecified atom stereocenters. The van der Waals surface area contributed by atoms with Crippen LogP contribution in [0, 0.1) is 0 Å². The van der Waals surface area contributed by atoms with Crippen LogP contribution in [0.15, 0.2) is 36.5 Å². The fourth-order valence-corrected chi connectivity index (χ4v) is 3.70. The van der Waals surface area contributed by atoms with Gasteiger partial charge in [-0.1, -0.05) is 29.8 Å². The van der Waals surface area contributed by atoms with Crippen molar-refractivity contribution in [2.24, 2.45) is 0 Å². The predicted octanol–water partition coefficient (Wildman–Crippen LogP) is 4.26. The zero-order valence-electron chi connectivity index (χ0n) is 12.3. The highest BCUT2D eigenvalue weighted by atomic mass is 35.5. The Hall–Kier alpha value is -1.85. The number of rotatable bonds is 4. The summed E-state index contributed by atoms with van der Waals surface area (Å²) < 4.78 is 2.85. The van der Waals surface area contributed by atoms with Crippen molar-refractivity contribution in [3.8, 4) is 0 Å². The molecule has 0 fully saturated rings. The number of nitrogens with one attached hydrogen (secondary N) is 1. The summed E-state index contributed by atoms with van der Waals surface area (Å²) in [6.45, 7) is 4.75. The van der Waals surface area contributed by atoms with Crippen LogP contribution in [0.25, 0.3) is 10.1 Å². The lowest BCUT2D eigenvalue weighted by Crippen LogP contribution is -2.26. The van der Waals surface area contributed by atoms with Crippen molar-refractivity contribution in [1.82, 2.24) is 15.1 Å². The molecule has 0 saturated heterocycles. The molecule has 3 aromatic rings. The predicted molar refractivity (Wildman–Crippen MR) is 90.6 cm³/mol. The molecule has 4 nitrogen and oxygen atoms in total. The summed E-state index contributed by atoms with van der Waals surface area (Å²) in [5, 5.41) is 8.81. The molecule has 1 N–H and O–H groups in total. The van der Waals surface area contributed by atoms with Crippen LogP contribution >= 0.6 is 22.9 Å². The van der Waals surface area contributed by atoms with Crippen LogP contribution in [0.2, 0.25) is 5.02 Å². The number of aryl methyl sites for hydroxylation is 1. The topological polar surface area (TPSA) is 46.9 Å². The average molecular weight is 334 g/mol. The first kappa shape index (κ1) is 15.1. The molecular weight excluding hydrogens is 318 g/mol. The van der Waals surface area contributed by atoms with Gasteiger partial charge in [0.05, 0.1) is 16.8 Å². The van der Waals surface area contributed by atoms with Gasteiger partial charge in [-0.3, -0.25) is 9.48 Å². The van der Waals surface area contributed by atoms with E-state index in [0.717, 1.165) is 22.3 Å². The van der Waals surface area contributed by atoms with E-state index < -0.39 is 0 Å². The molecule has 0 bridgehead atoms. The van der Waals surface area contributed by atoms with Gasteiger partial charge in [-0.25, -0.2) is 0 Å². The van der Waals surface area contributed by atoms with E-state index >= 15 is 0 Å². The number of fused-ring (bicyclic) bond motifs is 1. The van der Waals surface area contributed by atoms with Gasteiger partial charge >= 0.3 is 0 Å². The van der Waals surface area contributed by atoms with Crippen molar-refractivity contribution >= 4 is 38.9 Å². The molecular formula is C16H16ClN3OS. The molecule has 0 aliphatic heterocycles. The lowest BCUT2D eigenvalue weighted by Gasteiger charge is -2.10. The smallest absolute Gasteiger partial charge is 0.263 e. The molecule has 22 heavy (non-hydrogen) atoms. The van der Waals surface area contributed by atoms with Gasteiger partial charge in [0.1, 0.15) is 4.88 Å². The molecule has 1 amide bonds. The quantitative estimate of drug-likeness (QED) is 0.775. The maximum absolute atomic E-state index is 12.5. The number of benzene rings is 1. The van der Waals surface area contributed by atoms with E-state index in [0.29, 0.717) is 9.90 Å². The number of carbonyl (C=O) groups is 1. The Morgan fingerprint density at radius 3 is 2.86 bits per heavy atom. The van der Waals surface area contributed by atoms with E-state index in [2.05, 4.69) is 10.4 Å². The van der Waals surface area contributed by atoms with Crippen LogP contribution < -0.4 is 5.32 Å². The van der Waals surface area contributed by atoms with Crippen molar-refractivity contribution in [3.63, 3.8) is 0 Å². The second-order valence-electron chi connectivity index (χ2n) is 5.03. The highest BCUT2D eigenvalue weighted by Crippen LogP contribution is 2.35. The summed E-state index contributed by atoms with van der Waals surface area (Å²) in [5.41, 5.74) is 0.840. The number of nitrogens with zero attached hydrogens (tertiary/aromatic N) is 2. The zero-order chi connectivity index (χ0) is 15.7. The Morgan fingerprint density at radius 1 is 1.41 bits per heavy atom. The lowest BCUT2D eigenvalue weighted by atomic mass is 10.2. The third-order valence-corrected chi connectivity index (χ3v) is 5.19. The van der Waals surface area contributed by atoms with Crippen molar-refractivity contribution in [2.75, 3.05) is 0 Å². The average Bonchev–Trinajstić information content (AvgIpc) is 3.12. The summed E-state index contributed by atoms with van der Waals surface area (Å²) in [7, 11) is 0. The van der Waals surface area contributed by atoms with Crippen molar-refractivity contribution < 1.29 is 4.79 Å². The third-order valence-electron chi connectivity index (χ3n) is 3.52. The first-order chi connectivity index (χ1) is 10.6. The first-order valence-corrected chi connectivity index (χ1v) is 8.31. The largest absolute Gasteiger partial charge is 0.343 e. The Kier molecular flexibility index (Phi) is 4.18. The highest BCUT2D eigenvalue weighted by molar-refractivity contribution is 7.21. The van der Waals surface area contributed by atoms with Gasteiger partial charge in [0.25, 0.3) is 5.91 Å². The molecule has 0 aliphatic rings. The fourth-order valence-electron chi connectivity index (χ4n) is 2.28. The Morgan fingerprint density at radius 2 is 2.18 bits per heavy atom. The normalized spacial score (nSPS) is 12.5. The molecule has 2 heterocycles. The van der Waals surface area contributed by atoms with Gasteiger partial charge in [0.15, 0.2) is 0 Å². The summed E-state index contributed by atoms with van der Waals surface area (Å²) >= 11 is 7.75. The zero-order valence-corrected chi connectivity index (χ0v) is 13.9. The van der Waals surface area contributed by atoms with Crippen LogP contribution in [0.1, 0.15) is 35.3 Å². The van der Waals surface area contributed by atoms with Crippen LogP contribution in [-0.2, 0) is 6.54 Å². The summed E-state index contributed by atoms with van der Waals surface area (Å²) in [6.07, 6.45) is 1.91. The Labute approximate surface area is 137 Å². The summed E-state index contributed by atoms with van der Waals surface area (Å²) in [6, 6.07) is 9.51. The maximum Gasteiger partial charge on any atom is 0.263 e. The number of hydrogen-bond donors (Lipinski definition) is 1. The number of amides is 1. The molecule has 114 valence electrons. The number of carbonyl (C=O) groups excluding carboxylic acids is 1. The van der Waals surface area contributed by atoms with Gasteiger partial charge in [-0.2, -0.15) is 5.10 Å². The maximum atomic E-state index is 12.5. The number of aromatic nitrogens is 2. The minimum absolute atomic E-state index is 0.162. The molecule has 0 spiro atoms. The molecule has 0 aliphatic carbocycles. The first-order valence-electron chi connectivity index (χ1n) is 7.11. The van der Waals surface area contributed by atoms with Crippen molar-refractivity contribution in [2.45, 2.75) is 26.4 Å². The van der Waals surface area contributed by atoms with Gasteiger partial charge in [0.2, 0.25) is 0 Å². The number of halogens is 1. The van der Waals surface area contributed by atoms with E-state index in [4.69, 9.17) is 11.6 Å². The van der Waals surface area contributed by atoms with Crippen molar-refractivity contribution in [3.05, 3.63) is 52.1 Å². The van der Waals surface area contributed by atoms with E-state index in [1.165, 1.54) is 11.3 Å². The second kappa shape index (κ2) is 6.10. The minimum atomic E-state index is -0.165. The van der Waals surface area contributed by atoms with E-state index in [1.54, 1.807) is 0 Å². The van der Waals surface area contributed by atoms with Crippen molar-refractivity contribution in [1.29, 1.82) is 0 Å². The standard InChI is InChI=1S/C16H16ClN3OS/c1-3-20-9-8-12(19-20)10(2)18-16(21)15-14(17)11-6-4-5-7-13(11)22-15/h4-10H,3H2,1-2H3,(H,18,21). The molecule has 6 heteroatoms. The fraction of sp³-hybridized carbons (Fsp3) is 0.250. The molecule has 1 aromatic carbocycles. The van der Waals surface area contributed by atoms with E-state index in [9.17, 15) is 4.79 Å². The summed E-state index contributed by atoms with van der Waals surface area (Å²) in [4.78, 5) is 13.0. The molecule has 3 rings (SSSR count). The Bertz CT molecular complexity index is 824. The van der Waals surface area contributed by atoms with Gasteiger partial charge < -0.3 is 5.32 Å². The van der Waals surface area contributed by atoms with Crippen LogP contribution in [0.3, 0.4) is 0 Å². The van der Waals surface area contributed by atoms with Crippen LogP contribution in [0.4, 0.5) is 0 Å². The van der Waals surface area contributed by atoms with E-state index in [1.807, 2.05) is 55.1 Å². The SMILES string of the molecule is CCn1ccc(C(C)NC(=O)c2sc3ccccc3c2Cl)n1. The minimum Gasteiger partial charge on any atom is -0.343 e. The molecule has 0 radical (unpaired) electrons.